The van der Waals surface area contributed by atoms with Crippen molar-refractivity contribution in [2.24, 2.45) is 5.84 Å². The lowest BCUT2D eigenvalue weighted by atomic mass is 10.2. The molecular weight excluding hydrogens is 272 g/mol. The Hall–Kier alpha value is -2.26. The molecule has 114 valence electrons. The monoisotopic (exact) mass is 292 g/mol. The van der Waals surface area contributed by atoms with Gasteiger partial charge in [0.2, 0.25) is 17.8 Å². The van der Waals surface area contributed by atoms with E-state index in [-0.39, 0.29) is 12.0 Å². The highest BCUT2D eigenvalue weighted by Crippen LogP contribution is 2.11. The second kappa shape index (κ2) is 7.50. The molecule has 2 aromatic rings. The second-order valence-electron chi connectivity index (χ2n) is 4.48. The minimum Gasteiger partial charge on any atom is -0.383 e. The third-order valence-electron chi connectivity index (χ3n) is 2.83. The van der Waals surface area contributed by atoms with Crippen molar-refractivity contribution in [2.45, 2.75) is 25.8 Å². The largest absolute Gasteiger partial charge is 0.383 e. The van der Waals surface area contributed by atoms with Crippen LogP contribution in [0.2, 0.25) is 0 Å². The molecule has 1 unspecified atom stereocenters. The number of anilines is 2. The maximum absolute atomic E-state index is 5.41. The molecule has 2 rings (SSSR count). The van der Waals surface area contributed by atoms with Gasteiger partial charge in [-0.3, -0.25) is 9.99 Å². The van der Waals surface area contributed by atoms with Gasteiger partial charge >= 0.3 is 0 Å². The van der Waals surface area contributed by atoms with Gasteiger partial charge in [0, 0.05) is 19.5 Å². The van der Waals surface area contributed by atoms with Crippen LogP contribution in [0.25, 0.3) is 5.95 Å². The summed E-state index contributed by atoms with van der Waals surface area (Å²) in [5.74, 6) is 6.57. The van der Waals surface area contributed by atoms with Gasteiger partial charge in [-0.2, -0.15) is 15.0 Å². The van der Waals surface area contributed by atoms with Gasteiger partial charge in [0.05, 0.1) is 12.6 Å². The Morgan fingerprint density at radius 3 is 2.76 bits per heavy atom. The first-order valence-corrected chi connectivity index (χ1v) is 6.73. The summed E-state index contributed by atoms with van der Waals surface area (Å²) in [7, 11) is 1.67. The number of hydrogen-bond donors (Lipinski definition) is 3. The van der Waals surface area contributed by atoms with Gasteiger partial charge in [-0.1, -0.05) is 13.3 Å². The highest BCUT2D eigenvalue weighted by atomic mass is 16.5. The van der Waals surface area contributed by atoms with Crippen LogP contribution in [0.3, 0.4) is 0 Å². The Bertz CT molecular complexity index is 538. The minimum absolute atomic E-state index is 0.128. The molecule has 0 radical (unpaired) electrons. The van der Waals surface area contributed by atoms with Crippen LogP contribution in [0, 0.1) is 0 Å². The van der Waals surface area contributed by atoms with Crippen LogP contribution in [-0.4, -0.2) is 44.3 Å². The average molecular weight is 292 g/mol. The number of aromatic nitrogens is 5. The molecule has 4 N–H and O–H groups in total. The maximum Gasteiger partial charge on any atom is 0.243 e. The van der Waals surface area contributed by atoms with Crippen molar-refractivity contribution < 1.29 is 4.74 Å². The van der Waals surface area contributed by atoms with E-state index >= 15 is 0 Å². The summed E-state index contributed by atoms with van der Waals surface area (Å²) in [6, 6.07) is 0.128. The van der Waals surface area contributed by atoms with Gasteiger partial charge in [0.15, 0.2) is 0 Å². The van der Waals surface area contributed by atoms with E-state index in [0.29, 0.717) is 18.5 Å². The molecule has 0 spiro atoms. The molecule has 21 heavy (non-hydrogen) atoms. The van der Waals surface area contributed by atoms with Crippen LogP contribution in [0.1, 0.15) is 19.8 Å². The van der Waals surface area contributed by atoms with E-state index < -0.39 is 0 Å². The molecule has 0 amide bonds. The van der Waals surface area contributed by atoms with E-state index in [0.717, 1.165) is 12.8 Å². The number of imidazole rings is 1. The van der Waals surface area contributed by atoms with Gasteiger partial charge in [0.1, 0.15) is 6.33 Å². The first-order valence-electron chi connectivity index (χ1n) is 6.73. The number of nitrogens with one attached hydrogen (secondary N) is 2. The van der Waals surface area contributed by atoms with Gasteiger partial charge in [-0.15, -0.1) is 0 Å². The predicted molar refractivity (Wildman–Crippen MR) is 79.0 cm³/mol. The first-order chi connectivity index (χ1) is 10.3. The van der Waals surface area contributed by atoms with Crippen molar-refractivity contribution in [1.29, 1.82) is 0 Å². The van der Waals surface area contributed by atoms with Crippen molar-refractivity contribution in [3.63, 3.8) is 0 Å². The Labute approximate surface area is 122 Å². The van der Waals surface area contributed by atoms with Crippen LogP contribution in [0.15, 0.2) is 18.7 Å². The molecule has 0 saturated carbocycles. The first kappa shape index (κ1) is 15.1. The molecule has 0 aromatic carbocycles. The Morgan fingerprint density at radius 1 is 1.33 bits per heavy atom. The molecule has 9 nitrogen and oxygen atoms in total. The maximum atomic E-state index is 5.41. The van der Waals surface area contributed by atoms with Gasteiger partial charge in [-0.25, -0.2) is 10.8 Å². The average Bonchev–Trinajstić information content (AvgIpc) is 3.01. The van der Waals surface area contributed by atoms with Crippen molar-refractivity contribution in [3.05, 3.63) is 18.7 Å². The summed E-state index contributed by atoms with van der Waals surface area (Å²) in [5, 5.41) is 3.24. The Morgan fingerprint density at radius 2 is 2.14 bits per heavy atom. The molecule has 0 fully saturated rings. The number of hydrogen-bond acceptors (Lipinski definition) is 8. The van der Waals surface area contributed by atoms with Crippen molar-refractivity contribution >= 4 is 11.9 Å². The summed E-state index contributed by atoms with van der Waals surface area (Å²) in [6.45, 7) is 2.69. The van der Waals surface area contributed by atoms with Crippen molar-refractivity contribution in [2.75, 3.05) is 24.5 Å². The zero-order chi connectivity index (χ0) is 15.1. The highest BCUT2D eigenvalue weighted by Gasteiger charge is 2.12. The standard InChI is InChI=1S/C12H20N8O/c1-3-4-9(7-21-2)15-10-16-11(19-13)18-12(17-10)20-6-5-14-8-20/h5-6,8-9H,3-4,7,13H2,1-2H3,(H2,15,16,17,18,19). The Kier molecular flexibility index (Phi) is 5.41. The summed E-state index contributed by atoms with van der Waals surface area (Å²) in [6.07, 6.45) is 6.99. The minimum atomic E-state index is 0.128. The number of methoxy groups -OCH3 is 1. The SMILES string of the molecule is CCCC(COC)Nc1nc(NN)nc(-n2ccnc2)n1. The fraction of sp³-hybridized carbons (Fsp3) is 0.500. The third kappa shape index (κ3) is 4.10. The highest BCUT2D eigenvalue weighted by molar-refractivity contribution is 5.37. The summed E-state index contributed by atoms with van der Waals surface area (Å²) in [5.41, 5.74) is 2.44. The number of nitrogen functional groups attached to an aromatic ring is 1. The molecule has 9 heteroatoms. The fourth-order valence-electron chi connectivity index (χ4n) is 1.92. The molecule has 0 bridgehead atoms. The van der Waals surface area contributed by atoms with E-state index in [1.807, 2.05) is 0 Å². The normalized spacial score (nSPS) is 12.1. The van der Waals surface area contributed by atoms with Crippen LogP contribution < -0.4 is 16.6 Å². The van der Waals surface area contributed by atoms with E-state index in [2.05, 4.69) is 37.6 Å². The Balaban J connectivity index is 2.23. The van der Waals surface area contributed by atoms with E-state index in [4.69, 9.17) is 10.6 Å². The molecule has 0 saturated heterocycles. The van der Waals surface area contributed by atoms with Crippen LogP contribution >= 0.6 is 0 Å². The van der Waals surface area contributed by atoms with Gasteiger partial charge in [-0.05, 0) is 6.42 Å². The molecule has 0 aliphatic rings. The molecule has 2 aromatic heterocycles. The van der Waals surface area contributed by atoms with Crippen LogP contribution in [0.5, 0.6) is 0 Å². The zero-order valence-electron chi connectivity index (χ0n) is 12.2. The van der Waals surface area contributed by atoms with Gasteiger partial charge < -0.3 is 10.1 Å². The lowest BCUT2D eigenvalue weighted by Gasteiger charge is -2.17. The lowest BCUT2D eigenvalue weighted by molar-refractivity contribution is 0.182. The van der Waals surface area contributed by atoms with Gasteiger partial charge in [0.25, 0.3) is 0 Å². The van der Waals surface area contributed by atoms with Crippen LogP contribution in [-0.2, 0) is 4.74 Å². The molecule has 0 aliphatic heterocycles. The fourth-order valence-corrected chi connectivity index (χ4v) is 1.92. The molecule has 0 aliphatic carbocycles. The van der Waals surface area contributed by atoms with E-state index in [1.54, 1.807) is 30.4 Å². The predicted octanol–water partition coefficient (Wildman–Crippen LogP) is 0.570. The van der Waals surface area contributed by atoms with Crippen molar-refractivity contribution in [3.8, 4) is 5.95 Å². The number of rotatable bonds is 8. The molecule has 2 heterocycles. The topological polar surface area (TPSA) is 116 Å². The number of nitrogens with zero attached hydrogens (tertiary/aromatic N) is 5. The number of hydrazine groups is 1. The van der Waals surface area contributed by atoms with Crippen LogP contribution in [0.4, 0.5) is 11.9 Å². The summed E-state index contributed by atoms with van der Waals surface area (Å²) in [4.78, 5) is 16.7. The number of ether oxygens (including phenoxy) is 1. The third-order valence-corrected chi connectivity index (χ3v) is 2.83. The summed E-state index contributed by atoms with van der Waals surface area (Å²) >= 11 is 0. The number of nitrogens with two attached hydrogens (primary N) is 1. The van der Waals surface area contributed by atoms with E-state index in [9.17, 15) is 0 Å². The van der Waals surface area contributed by atoms with E-state index in [1.165, 1.54) is 0 Å². The smallest absolute Gasteiger partial charge is 0.243 e. The molecular formula is C12H20N8O. The zero-order valence-corrected chi connectivity index (χ0v) is 12.2. The second-order valence-corrected chi connectivity index (χ2v) is 4.48. The molecule has 1 atom stereocenters. The quantitative estimate of drug-likeness (QED) is 0.477. The van der Waals surface area contributed by atoms with Crippen molar-refractivity contribution in [1.82, 2.24) is 24.5 Å². The lowest BCUT2D eigenvalue weighted by Crippen LogP contribution is -2.27. The summed E-state index contributed by atoms with van der Waals surface area (Å²) < 4.78 is 6.88.